The number of benzene rings is 2. The second-order valence-corrected chi connectivity index (χ2v) is 9.91. The van der Waals surface area contributed by atoms with Gasteiger partial charge in [0.2, 0.25) is 0 Å². The standard InChI is InChI=1S/C23H29NO5S/c1-3-5-13-23(4-2)16-24(18-9-7-6-8-10-18)20-14-19(29-15-22(25)26)11-12-21(20)30(27,28)17-23/h6-12,14H,3-5,13,15-17H2,1-2H3,(H,25,26). The lowest BCUT2D eigenvalue weighted by molar-refractivity contribution is -0.139. The molecule has 0 aliphatic carbocycles. The highest BCUT2D eigenvalue weighted by molar-refractivity contribution is 7.91. The molecule has 0 amide bonds. The zero-order chi connectivity index (χ0) is 21.8. The first-order chi connectivity index (χ1) is 14.3. The molecule has 0 spiro atoms. The first kappa shape index (κ1) is 22.2. The lowest BCUT2D eigenvalue weighted by Crippen LogP contribution is -2.37. The Balaban J connectivity index is 2.16. The molecule has 1 atom stereocenters. The van der Waals surface area contributed by atoms with E-state index in [1.54, 1.807) is 12.1 Å². The van der Waals surface area contributed by atoms with Gasteiger partial charge in [-0.25, -0.2) is 13.2 Å². The molecule has 6 nitrogen and oxygen atoms in total. The minimum atomic E-state index is -3.53. The Hall–Kier alpha value is -2.54. The number of carbonyl (C=O) groups is 1. The molecule has 0 saturated heterocycles. The number of sulfone groups is 1. The van der Waals surface area contributed by atoms with Gasteiger partial charge in [-0.05, 0) is 37.1 Å². The van der Waals surface area contributed by atoms with Gasteiger partial charge in [-0.15, -0.1) is 0 Å². The van der Waals surface area contributed by atoms with Gasteiger partial charge in [-0.1, -0.05) is 44.9 Å². The lowest BCUT2D eigenvalue weighted by Gasteiger charge is -2.36. The highest BCUT2D eigenvalue weighted by atomic mass is 32.2. The van der Waals surface area contributed by atoms with Crippen LogP contribution in [0.5, 0.6) is 5.75 Å². The van der Waals surface area contributed by atoms with Crippen LogP contribution < -0.4 is 9.64 Å². The molecule has 2 aromatic rings. The number of ether oxygens (including phenoxy) is 1. The molecular weight excluding hydrogens is 402 g/mol. The highest BCUT2D eigenvalue weighted by Crippen LogP contribution is 2.45. The number of para-hydroxylation sites is 1. The molecule has 1 aliphatic heterocycles. The van der Waals surface area contributed by atoms with Crippen LogP contribution in [0, 0.1) is 5.41 Å². The topological polar surface area (TPSA) is 83.9 Å². The average molecular weight is 432 g/mol. The summed E-state index contributed by atoms with van der Waals surface area (Å²) < 4.78 is 32.2. The van der Waals surface area contributed by atoms with Gasteiger partial charge in [0.05, 0.1) is 16.3 Å². The first-order valence-corrected chi connectivity index (χ1v) is 12.0. The van der Waals surface area contributed by atoms with Crippen molar-refractivity contribution in [3.8, 4) is 5.75 Å². The summed E-state index contributed by atoms with van der Waals surface area (Å²) in [4.78, 5) is 13.2. The van der Waals surface area contributed by atoms with Crippen LogP contribution in [-0.4, -0.2) is 38.4 Å². The first-order valence-electron chi connectivity index (χ1n) is 10.3. The Morgan fingerprint density at radius 3 is 2.53 bits per heavy atom. The molecule has 0 bridgehead atoms. The number of hydrogen-bond acceptors (Lipinski definition) is 5. The van der Waals surface area contributed by atoms with E-state index in [1.165, 1.54) is 6.07 Å². The fourth-order valence-corrected chi connectivity index (χ4v) is 6.25. The van der Waals surface area contributed by atoms with Gasteiger partial charge < -0.3 is 14.7 Å². The van der Waals surface area contributed by atoms with Crippen molar-refractivity contribution in [2.24, 2.45) is 5.41 Å². The Morgan fingerprint density at radius 2 is 1.90 bits per heavy atom. The quantitative estimate of drug-likeness (QED) is 0.654. The monoisotopic (exact) mass is 431 g/mol. The normalized spacial score (nSPS) is 20.3. The van der Waals surface area contributed by atoms with Gasteiger partial charge in [0.25, 0.3) is 0 Å². The number of aliphatic carboxylic acids is 1. The molecular formula is C23H29NO5S. The number of fused-ring (bicyclic) bond motifs is 1. The van der Waals surface area contributed by atoms with Gasteiger partial charge in [-0.2, -0.15) is 0 Å². The number of unbranched alkanes of at least 4 members (excludes halogenated alkanes) is 1. The third-order valence-electron chi connectivity index (χ3n) is 5.79. The fourth-order valence-electron chi connectivity index (χ4n) is 4.08. The zero-order valence-corrected chi connectivity index (χ0v) is 18.3. The number of carboxylic acid groups (broad SMARTS) is 1. The molecule has 30 heavy (non-hydrogen) atoms. The number of rotatable bonds is 8. The van der Waals surface area contributed by atoms with Crippen LogP contribution in [0.2, 0.25) is 0 Å². The van der Waals surface area contributed by atoms with Gasteiger partial charge >= 0.3 is 5.97 Å². The highest BCUT2D eigenvalue weighted by Gasteiger charge is 2.41. The lowest BCUT2D eigenvalue weighted by atomic mass is 9.81. The van der Waals surface area contributed by atoms with Gasteiger partial charge in [-0.3, -0.25) is 0 Å². The SMILES string of the molecule is CCCCC1(CC)CN(c2ccccc2)c2cc(OCC(=O)O)ccc2S(=O)(=O)C1. The van der Waals surface area contributed by atoms with E-state index in [4.69, 9.17) is 9.84 Å². The molecule has 162 valence electrons. The molecule has 1 unspecified atom stereocenters. The van der Waals surface area contributed by atoms with Crippen LogP contribution in [0.1, 0.15) is 39.5 Å². The van der Waals surface area contributed by atoms with Crippen molar-refractivity contribution in [3.63, 3.8) is 0 Å². The summed E-state index contributed by atoms with van der Waals surface area (Å²) in [6, 6.07) is 14.4. The Bertz CT molecular complexity index is 990. The second-order valence-electron chi connectivity index (χ2n) is 7.95. The third-order valence-corrected chi connectivity index (χ3v) is 7.79. The maximum absolute atomic E-state index is 13.4. The number of nitrogens with zero attached hydrogens (tertiary/aromatic N) is 1. The van der Waals surface area contributed by atoms with E-state index in [0.29, 0.717) is 18.0 Å². The summed E-state index contributed by atoms with van der Waals surface area (Å²) in [7, 11) is -3.53. The Labute approximate surface area is 178 Å². The minimum Gasteiger partial charge on any atom is -0.482 e. The summed E-state index contributed by atoms with van der Waals surface area (Å²) in [6.45, 7) is 4.27. The predicted octanol–water partition coefficient (Wildman–Crippen LogP) is 4.66. The van der Waals surface area contributed by atoms with E-state index in [9.17, 15) is 13.2 Å². The molecule has 0 saturated carbocycles. The van der Waals surface area contributed by atoms with Crippen molar-refractivity contribution < 1.29 is 23.1 Å². The maximum Gasteiger partial charge on any atom is 0.341 e. The van der Waals surface area contributed by atoms with Crippen molar-refractivity contribution in [1.29, 1.82) is 0 Å². The van der Waals surface area contributed by atoms with Crippen molar-refractivity contribution in [2.45, 2.75) is 44.4 Å². The Morgan fingerprint density at radius 1 is 1.17 bits per heavy atom. The smallest absolute Gasteiger partial charge is 0.341 e. The molecule has 1 heterocycles. The molecule has 0 fully saturated rings. The van der Waals surface area contributed by atoms with Crippen LogP contribution in [0.4, 0.5) is 11.4 Å². The fraction of sp³-hybridized carbons (Fsp3) is 0.435. The minimum absolute atomic E-state index is 0.0994. The van der Waals surface area contributed by atoms with Gasteiger partial charge in [0, 0.05) is 23.7 Å². The van der Waals surface area contributed by atoms with Gasteiger partial charge in [0.1, 0.15) is 5.75 Å². The van der Waals surface area contributed by atoms with E-state index in [-0.39, 0.29) is 16.1 Å². The van der Waals surface area contributed by atoms with E-state index >= 15 is 0 Å². The van der Waals surface area contributed by atoms with Crippen LogP contribution in [0.3, 0.4) is 0 Å². The zero-order valence-electron chi connectivity index (χ0n) is 17.5. The summed E-state index contributed by atoms with van der Waals surface area (Å²) in [5, 5.41) is 8.92. The molecule has 0 aromatic heterocycles. The number of hydrogen-bond donors (Lipinski definition) is 1. The summed E-state index contributed by atoms with van der Waals surface area (Å²) in [5.74, 6) is -0.644. The van der Waals surface area contributed by atoms with E-state index in [1.807, 2.05) is 35.2 Å². The summed E-state index contributed by atoms with van der Waals surface area (Å²) in [6.07, 6.45) is 3.56. The van der Waals surface area contributed by atoms with Crippen LogP contribution in [0.25, 0.3) is 0 Å². The molecule has 7 heteroatoms. The van der Waals surface area contributed by atoms with E-state index < -0.39 is 22.4 Å². The summed E-state index contributed by atoms with van der Waals surface area (Å²) >= 11 is 0. The molecule has 3 rings (SSSR count). The largest absolute Gasteiger partial charge is 0.482 e. The summed E-state index contributed by atoms with van der Waals surface area (Å²) in [5.41, 5.74) is 1.07. The molecule has 0 radical (unpaired) electrons. The van der Waals surface area contributed by atoms with Crippen LogP contribution in [-0.2, 0) is 14.6 Å². The van der Waals surface area contributed by atoms with Crippen molar-refractivity contribution in [2.75, 3.05) is 23.8 Å². The van der Waals surface area contributed by atoms with Crippen molar-refractivity contribution in [1.82, 2.24) is 0 Å². The third kappa shape index (κ3) is 4.78. The van der Waals surface area contributed by atoms with Crippen LogP contribution >= 0.6 is 0 Å². The maximum atomic E-state index is 13.4. The predicted molar refractivity (Wildman–Crippen MR) is 117 cm³/mol. The average Bonchev–Trinajstić information content (AvgIpc) is 2.83. The van der Waals surface area contributed by atoms with E-state index in [2.05, 4.69) is 13.8 Å². The molecule has 2 aromatic carbocycles. The second kappa shape index (κ2) is 9.08. The number of anilines is 2. The van der Waals surface area contributed by atoms with Crippen molar-refractivity contribution in [3.05, 3.63) is 48.5 Å². The number of carboxylic acids is 1. The molecule has 1 N–H and O–H groups in total. The van der Waals surface area contributed by atoms with Gasteiger partial charge in [0.15, 0.2) is 16.4 Å². The Kier molecular flexibility index (Phi) is 6.71. The van der Waals surface area contributed by atoms with E-state index in [0.717, 1.165) is 31.4 Å². The van der Waals surface area contributed by atoms with Crippen molar-refractivity contribution >= 4 is 27.2 Å². The molecule has 1 aliphatic rings. The van der Waals surface area contributed by atoms with Crippen LogP contribution in [0.15, 0.2) is 53.4 Å².